The first-order valence-corrected chi connectivity index (χ1v) is 10.6. The molecule has 29 heavy (non-hydrogen) atoms. The fourth-order valence-electron chi connectivity index (χ4n) is 3.20. The molecule has 158 valence electrons. The zero-order valence-electron chi connectivity index (χ0n) is 17.1. The number of pyridine rings is 1. The molecule has 0 spiro atoms. The van der Waals surface area contributed by atoms with Crippen LogP contribution in [0.2, 0.25) is 10.2 Å². The van der Waals surface area contributed by atoms with Crippen LogP contribution in [-0.2, 0) is 24.9 Å². The van der Waals surface area contributed by atoms with Crippen LogP contribution in [0.15, 0.2) is 29.4 Å². The van der Waals surface area contributed by atoms with Crippen molar-refractivity contribution in [3.05, 3.63) is 45.8 Å². The lowest BCUT2D eigenvalue weighted by atomic mass is 10.2. The molecular weight excluding hydrogens is 411 g/mol. The number of nitrogens with zero attached hydrogens (tertiary/aromatic N) is 4. The summed E-state index contributed by atoms with van der Waals surface area (Å²) in [6, 6.07) is 5.96. The highest BCUT2D eigenvalue weighted by Crippen LogP contribution is 2.25. The zero-order valence-corrected chi connectivity index (χ0v) is 18.6. The summed E-state index contributed by atoms with van der Waals surface area (Å²) in [5.74, 6) is 1.71. The Labute approximate surface area is 182 Å². The number of ether oxygens (including phenoxy) is 1. The number of rotatable bonds is 6. The molecule has 3 heterocycles. The van der Waals surface area contributed by atoms with Gasteiger partial charge in [0.05, 0.1) is 30.8 Å². The van der Waals surface area contributed by atoms with Gasteiger partial charge in [0.2, 0.25) is 0 Å². The van der Waals surface area contributed by atoms with Crippen molar-refractivity contribution in [1.29, 1.82) is 0 Å². The predicted molar refractivity (Wildman–Crippen MR) is 119 cm³/mol. The molecule has 1 saturated heterocycles. The average molecular weight is 439 g/mol. The van der Waals surface area contributed by atoms with Gasteiger partial charge >= 0.3 is 0 Å². The summed E-state index contributed by atoms with van der Waals surface area (Å²) in [6.45, 7) is 8.46. The molecule has 1 aliphatic rings. The standard InChI is InChI=1S/C20H28Cl2N6O/c1-4-23-20(26-12-16-10-17(21)19(22)27(16)3)25-11-15-5-6-24-18(9-15)28-7-8-29-14(2)13-28/h5-6,9-10,14H,4,7-8,11-13H2,1-3H3,(H2,23,25,26). The van der Waals surface area contributed by atoms with Crippen LogP contribution in [0.3, 0.4) is 0 Å². The van der Waals surface area contributed by atoms with Crippen molar-refractivity contribution in [1.82, 2.24) is 20.2 Å². The van der Waals surface area contributed by atoms with Crippen LogP contribution in [0, 0.1) is 0 Å². The third-order valence-electron chi connectivity index (χ3n) is 4.79. The lowest BCUT2D eigenvalue weighted by Crippen LogP contribution is -2.41. The molecule has 9 heteroatoms. The maximum atomic E-state index is 6.14. The van der Waals surface area contributed by atoms with Crippen LogP contribution in [0.5, 0.6) is 0 Å². The van der Waals surface area contributed by atoms with Gasteiger partial charge in [-0.1, -0.05) is 23.2 Å². The van der Waals surface area contributed by atoms with E-state index in [4.69, 9.17) is 32.9 Å². The fourth-order valence-corrected chi connectivity index (χ4v) is 3.62. The van der Waals surface area contributed by atoms with Crippen LogP contribution in [0.1, 0.15) is 25.1 Å². The van der Waals surface area contributed by atoms with Gasteiger partial charge in [-0.15, -0.1) is 0 Å². The highest BCUT2D eigenvalue weighted by Gasteiger charge is 2.18. The van der Waals surface area contributed by atoms with E-state index in [0.29, 0.717) is 23.3 Å². The van der Waals surface area contributed by atoms with E-state index in [1.807, 2.05) is 36.9 Å². The second-order valence-corrected chi connectivity index (χ2v) is 7.80. The Hall–Kier alpha value is -1.96. The minimum absolute atomic E-state index is 0.219. The molecule has 1 aliphatic heterocycles. The Morgan fingerprint density at radius 1 is 1.34 bits per heavy atom. The summed E-state index contributed by atoms with van der Waals surface area (Å²) < 4.78 is 7.48. The van der Waals surface area contributed by atoms with Gasteiger partial charge in [0.1, 0.15) is 11.0 Å². The highest BCUT2D eigenvalue weighted by molar-refractivity contribution is 6.41. The predicted octanol–water partition coefficient (Wildman–Crippen LogP) is 3.21. The molecule has 2 N–H and O–H groups in total. The Balaban J connectivity index is 1.65. The Kier molecular flexibility index (Phi) is 7.64. The van der Waals surface area contributed by atoms with Crippen molar-refractivity contribution < 1.29 is 4.74 Å². The van der Waals surface area contributed by atoms with Crippen LogP contribution in [0.25, 0.3) is 0 Å². The molecule has 2 aromatic heterocycles. The minimum atomic E-state index is 0.219. The van der Waals surface area contributed by atoms with E-state index in [2.05, 4.69) is 33.5 Å². The summed E-state index contributed by atoms with van der Waals surface area (Å²) in [4.78, 5) is 11.5. The van der Waals surface area contributed by atoms with E-state index in [1.54, 1.807) is 0 Å². The SMILES string of the molecule is CCNC(=NCc1ccnc(N2CCOC(C)C2)c1)NCc1cc(Cl)c(Cl)n1C. The van der Waals surface area contributed by atoms with Crippen molar-refractivity contribution in [3.63, 3.8) is 0 Å². The molecule has 7 nitrogen and oxygen atoms in total. The van der Waals surface area contributed by atoms with Gasteiger partial charge in [0, 0.05) is 38.6 Å². The third-order valence-corrected chi connectivity index (χ3v) is 5.63. The maximum Gasteiger partial charge on any atom is 0.191 e. The number of anilines is 1. The number of aromatic nitrogens is 2. The van der Waals surface area contributed by atoms with Crippen molar-refractivity contribution in [2.75, 3.05) is 31.1 Å². The highest BCUT2D eigenvalue weighted by atomic mass is 35.5. The smallest absolute Gasteiger partial charge is 0.191 e. The van der Waals surface area contributed by atoms with Crippen LogP contribution in [-0.4, -0.2) is 47.9 Å². The van der Waals surface area contributed by atoms with Crippen LogP contribution < -0.4 is 15.5 Å². The van der Waals surface area contributed by atoms with Crippen LogP contribution >= 0.6 is 23.2 Å². The molecule has 0 aliphatic carbocycles. The molecule has 2 aromatic rings. The van der Waals surface area contributed by atoms with E-state index in [1.165, 1.54) is 0 Å². The number of guanidine groups is 1. The molecule has 0 amide bonds. The summed E-state index contributed by atoms with van der Waals surface area (Å²) in [6.07, 6.45) is 2.06. The van der Waals surface area contributed by atoms with Gasteiger partial charge in [-0.05, 0) is 37.6 Å². The van der Waals surface area contributed by atoms with E-state index >= 15 is 0 Å². The number of morpholine rings is 1. The largest absolute Gasteiger partial charge is 0.375 e. The molecule has 1 atom stereocenters. The van der Waals surface area contributed by atoms with Gasteiger partial charge in [-0.25, -0.2) is 9.98 Å². The molecular formula is C20H28Cl2N6O. The maximum absolute atomic E-state index is 6.14. The number of nitrogens with one attached hydrogen (secondary N) is 2. The van der Waals surface area contributed by atoms with E-state index in [0.717, 1.165) is 49.3 Å². The quantitative estimate of drug-likeness (QED) is 0.535. The van der Waals surface area contributed by atoms with Gasteiger partial charge < -0.3 is 24.8 Å². The average Bonchev–Trinajstić information content (AvgIpc) is 2.97. The monoisotopic (exact) mass is 438 g/mol. The Morgan fingerprint density at radius 3 is 2.86 bits per heavy atom. The summed E-state index contributed by atoms with van der Waals surface area (Å²) >= 11 is 12.2. The number of hydrogen-bond acceptors (Lipinski definition) is 4. The van der Waals surface area contributed by atoms with E-state index in [9.17, 15) is 0 Å². The topological polar surface area (TPSA) is 66.7 Å². The van der Waals surface area contributed by atoms with Crippen molar-refractivity contribution in [2.24, 2.45) is 12.0 Å². The van der Waals surface area contributed by atoms with Gasteiger partial charge in [-0.3, -0.25) is 0 Å². The van der Waals surface area contributed by atoms with Gasteiger partial charge in [-0.2, -0.15) is 0 Å². The molecule has 1 unspecified atom stereocenters. The normalized spacial score (nSPS) is 17.5. The van der Waals surface area contributed by atoms with Gasteiger partial charge in [0.15, 0.2) is 5.96 Å². The molecule has 0 bridgehead atoms. The van der Waals surface area contributed by atoms with Gasteiger partial charge in [0.25, 0.3) is 0 Å². The lowest BCUT2D eigenvalue weighted by molar-refractivity contribution is 0.0529. The molecule has 3 rings (SSSR count). The van der Waals surface area contributed by atoms with Crippen molar-refractivity contribution >= 4 is 35.0 Å². The third kappa shape index (κ3) is 5.78. The number of halogens is 2. The molecule has 0 radical (unpaired) electrons. The first kappa shape index (κ1) is 21.7. The molecule has 0 saturated carbocycles. The second kappa shape index (κ2) is 10.2. The number of aliphatic imine (C=N–C) groups is 1. The summed E-state index contributed by atoms with van der Waals surface area (Å²) in [5, 5.41) is 7.68. The first-order chi connectivity index (χ1) is 14.0. The second-order valence-electron chi connectivity index (χ2n) is 7.03. The summed E-state index contributed by atoms with van der Waals surface area (Å²) in [5.41, 5.74) is 2.09. The Morgan fingerprint density at radius 2 is 2.17 bits per heavy atom. The van der Waals surface area contributed by atoms with E-state index < -0.39 is 0 Å². The lowest BCUT2D eigenvalue weighted by Gasteiger charge is -2.32. The first-order valence-electron chi connectivity index (χ1n) is 9.81. The zero-order chi connectivity index (χ0) is 20.8. The van der Waals surface area contributed by atoms with Crippen molar-refractivity contribution in [3.8, 4) is 0 Å². The van der Waals surface area contributed by atoms with E-state index in [-0.39, 0.29) is 6.10 Å². The van der Waals surface area contributed by atoms with Crippen LogP contribution in [0.4, 0.5) is 5.82 Å². The molecule has 0 aromatic carbocycles. The Bertz CT molecular complexity index is 853. The summed E-state index contributed by atoms with van der Waals surface area (Å²) in [7, 11) is 1.89. The van der Waals surface area contributed by atoms with Crippen molar-refractivity contribution in [2.45, 2.75) is 33.0 Å². The fraction of sp³-hybridized carbons (Fsp3) is 0.500. The minimum Gasteiger partial charge on any atom is -0.375 e. The number of hydrogen-bond donors (Lipinski definition) is 2. The molecule has 1 fully saturated rings.